The van der Waals surface area contributed by atoms with Gasteiger partial charge in [-0.25, -0.2) is 9.78 Å². The first-order valence-corrected chi connectivity index (χ1v) is 8.54. The number of esters is 1. The highest BCUT2D eigenvalue weighted by atomic mass is 32.1. The second-order valence-electron chi connectivity index (χ2n) is 5.52. The normalized spacial score (nSPS) is 16.0. The lowest BCUT2D eigenvalue weighted by Crippen LogP contribution is -2.37. The van der Waals surface area contributed by atoms with E-state index in [-0.39, 0.29) is 5.91 Å². The zero-order valence-electron chi connectivity index (χ0n) is 13.0. The predicted octanol–water partition coefficient (Wildman–Crippen LogP) is 2.93. The van der Waals surface area contributed by atoms with Crippen molar-refractivity contribution >= 4 is 28.3 Å². The molecule has 0 bridgehead atoms. The Kier molecular flexibility index (Phi) is 3.99. The summed E-state index contributed by atoms with van der Waals surface area (Å²) in [5, 5.41) is 5.02. The number of carbonyl (C=O) groups is 2. The molecule has 1 atom stereocenters. The Morgan fingerprint density at radius 3 is 2.96 bits per heavy atom. The first-order valence-electron chi connectivity index (χ1n) is 7.66. The number of benzene rings is 1. The lowest BCUT2D eigenvalue weighted by molar-refractivity contribution is -0.125. The largest absolute Gasteiger partial charge is 0.448 e. The number of rotatable bonds is 3. The van der Waals surface area contributed by atoms with E-state index in [4.69, 9.17) is 4.74 Å². The zero-order valence-corrected chi connectivity index (χ0v) is 13.8. The van der Waals surface area contributed by atoms with Gasteiger partial charge in [-0.3, -0.25) is 15.1 Å². The molecular formula is C18H13N3O3S. The van der Waals surface area contributed by atoms with Gasteiger partial charge in [0.25, 0.3) is 5.91 Å². The fraction of sp³-hybridized carbons (Fsp3) is 0.111. The van der Waals surface area contributed by atoms with Gasteiger partial charge < -0.3 is 4.74 Å². The third-order valence-corrected chi connectivity index (χ3v) is 4.63. The van der Waals surface area contributed by atoms with Crippen molar-refractivity contribution in [2.24, 2.45) is 0 Å². The van der Waals surface area contributed by atoms with E-state index in [1.54, 1.807) is 24.5 Å². The molecule has 25 heavy (non-hydrogen) atoms. The standard InChI is InChI=1S/C18H13N3O3S/c22-16(15-8-11-4-1-2-6-13(11)17(23)24-15)21-18-20-14(10-25-18)12-5-3-7-19-9-12/h1-7,9-10,15H,8H2,(H,20,21,22)/t15-/m0/s1. The van der Waals surface area contributed by atoms with Crippen molar-refractivity contribution in [2.45, 2.75) is 12.5 Å². The second kappa shape index (κ2) is 6.45. The van der Waals surface area contributed by atoms with Crippen molar-refractivity contribution in [3.05, 3.63) is 65.3 Å². The summed E-state index contributed by atoms with van der Waals surface area (Å²) in [6.45, 7) is 0. The number of ether oxygens (including phenoxy) is 1. The highest BCUT2D eigenvalue weighted by Crippen LogP contribution is 2.25. The molecule has 0 fully saturated rings. The van der Waals surface area contributed by atoms with Crippen LogP contribution in [0.1, 0.15) is 15.9 Å². The first kappa shape index (κ1) is 15.5. The van der Waals surface area contributed by atoms with Crippen LogP contribution in [0.4, 0.5) is 5.13 Å². The molecule has 3 heterocycles. The molecule has 1 N–H and O–H groups in total. The van der Waals surface area contributed by atoms with Crippen LogP contribution in [0.15, 0.2) is 54.2 Å². The molecule has 7 heteroatoms. The quantitative estimate of drug-likeness (QED) is 0.734. The van der Waals surface area contributed by atoms with E-state index in [0.717, 1.165) is 16.8 Å². The number of carbonyl (C=O) groups excluding carboxylic acids is 2. The van der Waals surface area contributed by atoms with Gasteiger partial charge in [0.2, 0.25) is 0 Å². The lowest BCUT2D eigenvalue weighted by atomic mass is 9.98. The molecular weight excluding hydrogens is 338 g/mol. The topological polar surface area (TPSA) is 81.2 Å². The van der Waals surface area contributed by atoms with Crippen LogP contribution in [0, 0.1) is 0 Å². The number of nitrogens with one attached hydrogen (secondary N) is 1. The van der Waals surface area contributed by atoms with Gasteiger partial charge in [-0.15, -0.1) is 11.3 Å². The average Bonchev–Trinajstić information content (AvgIpc) is 3.11. The number of nitrogens with zero attached hydrogens (tertiary/aromatic N) is 2. The molecule has 2 aromatic heterocycles. The summed E-state index contributed by atoms with van der Waals surface area (Å²) in [5.41, 5.74) is 2.94. The molecule has 1 aromatic carbocycles. The Bertz CT molecular complexity index is 940. The summed E-state index contributed by atoms with van der Waals surface area (Å²) >= 11 is 1.31. The van der Waals surface area contributed by atoms with Crippen LogP contribution in [-0.4, -0.2) is 27.9 Å². The number of fused-ring (bicyclic) bond motifs is 1. The molecule has 0 aliphatic carbocycles. The molecule has 0 radical (unpaired) electrons. The van der Waals surface area contributed by atoms with Crippen LogP contribution >= 0.6 is 11.3 Å². The summed E-state index contributed by atoms with van der Waals surface area (Å²) < 4.78 is 5.25. The van der Waals surface area contributed by atoms with Gasteiger partial charge in [0.15, 0.2) is 11.2 Å². The van der Waals surface area contributed by atoms with Gasteiger partial charge >= 0.3 is 5.97 Å². The molecule has 124 valence electrons. The Morgan fingerprint density at radius 1 is 1.24 bits per heavy atom. The third-order valence-electron chi connectivity index (χ3n) is 3.88. The Hall–Kier alpha value is -3.06. The van der Waals surface area contributed by atoms with E-state index >= 15 is 0 Å². The monoisotopic (exact) mass is 351 g/mol. The van der Waals surface area contributed by atoms with E-state index in [9.17, 15) is 9.59 Å². The number of anilines is 1. The molecule has 6 nitrogen and oxygen atoms in total. The Morgan fingerprint density at radius 2 is 2.12 bits per heavy atom. The van der Waals surface area contributed by atoms with Gasteiger partial charge in [-0.2, -0.15) is 0 Å². The van der Waals surface area contributed by atoms with Crippen molar-refractivity contribution in [1.29, 1.82) is 0 Å². The Balaban J connectivity index is 1.48. The number of thiazole rings is 1. The van der Waals surface area contributed by atoms with Crippen LogP contribution in [-0.2, 0) is 16.0 Å². The number of hydrogen-bond acceptors (Lipinski definition) is 6. The van der Waals surface area contributed by atoms with Crippen LogP contribution in [0.5, 0.6) is 0 Å². The predicted molar refractivity (Wildman–Crippen MR) is 93.3 cm³/mol. The maximum atomic E-state index is 12.4. The van der Waals surface area contributed by atoms with Crippen molar-refractivity contribution < 1.29 is 14.3 Å². The molecule has 0 unspecified atom stereocenters. The van der Waals surface area contributed by atoms with Gasteiger partial charge in [0, 0.05) is 29.8 Å². The fourth-order valence-electron chi connectivity index (χ4n) is 2.64. The van der Waals surface area contributed by atoms with Crippen molar-refractivity contribution in [3.63, 3.8) is 0 Å². The number of pyridine rings is 1. The maximum absolute atomic E-state index is 12.4. The second-order valence-corrected chi connectivity index (χ2v) is 6.38. The minimum atomic E-state index is -0.854. The first-order chi connectivity index (χ1) is 12.2. The summed E-state index contributed by atoms with van der Waals surface area (Å²) in [6, 6.07) is 10.9. The van der Waals surface area contributed by atoms with E-state index in [0.29, 0.717) is 17.1 Å². The van der Waals surface area contributed by atoms with Gasteiger partial charge in [0.05, 0.1) is 11.3 Å². The molecule has 0 saturated heterocycles. The molecule has 1 amide bonds. The van der Waals surface area contributed by atoms with E-state index in [1.165, 1.54) is 11.3 Å². The zero-order chi connectivity index (χ0) is 17.2. The number of aromatic nitrogens is 2. The highest BCUT2D eigenvalue weighted by molar-refractivity contribution is 7.14. The van der Waals surface area contributed by atoms with Crippen molar-refractivity contribution in [1.82, 2.24) is 9.97 Å². The van der Waals surface area contributed by atoms with Crippen LogP contribution in [0.25, 0.3) is 11.3 Å². The summed E-state index contributed by atoms with van der Waals surface area (Å²) in [6.07, 6.45) is 2.90. The Labute approximate surface area is 147 Å². The highest BCUT2D eigenvalue weighted by Gasteiger charge is 2.31. The van der Waals surface area contributed by atoms with Crippen LogP contribution in [0.2, 0.25) is 0 Å². The number of hydrogen-bond donors (Lipinski definition) is 1. The van der Waals surface area contributed by atoms with E-state index in [2.05, 4.69) is 15.3 Å². The molecule has 0 saturated carbocycles. The van der Waals surface area contributed by atoms with Gasteiger partial charge in [-0.05, 0) is 23.8 Å². The molecule has 0 spiro atoms. The third kappa shape index (κ3) is 3.14. The van der Waals surface area contributed by atoms with Crippen LogP contribution < -0.4 is 5.32 Å². The molecule has 1 aliphatic rings. The van der Waals surface area contributed by atoms with Crippen LogP contribution in [0.3, 0.4) is 0 Å². The summed E-state index contributed by atoms with van der Waals surface area (Å²) in [4.78, 5) is 32.9. The van der Waals surface area contributed by atoms with E-state index in [1.807, 2.05) is 29.6 Å². The van der Waals surface area contributed by atoms with Crippen molar-refractivity contribution in [2.75, 3.05) is 5.32 Å². The number of cyclic esters (lactones) is 1. The smallest absolute Gasteiger partial charge is 0.339 e. The molecule has 4 rings (SSSR count). The average molecular weight is 351 g/mol. The lowest BCUT2D eigenvalue weighted by Gasteiger charge is -2.23. The molecule has 3 aromatic rings. The number of amides is 1. The summed E-state index contributed by atoms with van der Waals surface area (Å²) in [5.74, 6) is -0.855. The van der Waals surface area contributed by atoms with Gasteiger partial charge in [-0.1, -0.05) is 18.2 Å². The fourth-order valence-corrected chi connectivity index (χ4v) is 3.36. The molecule has 1 aliphatic heterocycles. The SMILES string of the molecule is O=C1O[C@H](C(=O)Nc2nc(-c3cccnc3)cs2)Cc2ccccc21. The minimum Gasteiger partial charge on any atom is -0.448 e. The minimum absolute atomic E-state index is 0.356. The van der Waals surface area contributed by atoms with E-state index < -0.39 is 12.1 Å². The summed E-state index contributed by atoms with van der Waals surface area (Å²) in [7, 11) is 0. The van der Waals surface area contributed by atoms with Crippen molar-refractivity contribution in [3.8, 4) is 11.3 Å². The van der Waals surface area contributed by atoms with Gasteiger partial charge in [0.1, 0.15) is 0 Å². The maximum Gasteiger partial charge on any atom is 0.339 e.